The van der Waals surface area contributed by atoms with Crippen molar-refractivity contribution in [1.82, 2.24) is 9.88 Å². The summed E-state index contributed by atoms with van der Waals surface area (Å²) in [5.74, 6) is 0.621. The second-order valence-corrected chi connectivity index (χ2v) is 11.9. The highest BCUT2D eigenvalue weighted by Gasteiger charge is 2.31. The van der Waals surface area contributed by atoms with Crippen LogP contribution in [0.1, 0.15) is 74.5 Å². The van der Waals surface area contributed by atoms with Crippen molar-refractivity contribution in [3.05, 3.63) is 105 Å². The molecule has 2 aliphatic rings. The van der Waals surface area contributed by atoms with Gasteiger partial charge in [0.25, 0.3) is 11.8 Å². The number of benzene rings is 3. The first kappa shape index (κ1) is 25.8. The maximum atomic E-state index is 13.5. The van der Waals surface area contributed by atoms with Gasteiger partial charge < -0.3 is 10.2 Å². The van der Waals surface area contributed by atoms with Gasteiger partial charge in [0.05, 0.1) is 9.88 Å². The van der Waals surface area contributed by atoms with Crippen molar-refractivity contribution in [2.75, 3.05) is 18.4 Å². The van der Waals surface area contributed by atoms with Crippen LogP contribution < -0.4 is 5.32 Å². The molecule has 1 saturated carbocycles. The third-order valence-corrected chi connectivity index (χ3v) is 9.26. The fourth-order valence-corrected chi connectivity index (χ4v) is 6.81. The van der Waals surface area contributed by atoms with Crippen LogP contribution in [0.3, 0.4) is 0 Å². The van der Waals surface area contributed by atoms with Crippen molar-refractivity contribution in [2.45, 2.75) is 44.4 Å². The van der Waals surface area contributed by atoms with Gasteiger partial charge in [-0.2, -0.15) is 0 Å². The summed E-state index contributed by atoms with van der Waals surface area (Å²) >= 11 is 8.04. The number of amides is 2. The number of anilines is 1. The fraction of sp³-hybridized carbons (Fsp3) is 0.281. The van der Waals surface area contributed by atoms with E-state index >= 15 is 0 Å². The van der Waals surface area contributed by atoms with E-state index in [2.05, 4.69) is 29.6 Å². The summed E-state index contributed by atoms with van der Waals surface area (Å²) < 4.78 is 0. The van der Waals surface area contributed by atoms with E-state index in [1.807, 2.05) is 54.3 Å². The first-order valence-electron chi connectivity index (χ1n) is 13.5. The number of thiazole rings is 1. The number of carbonyl (C=O) groups is 2. The summed E-state index contributed by atoms with van der Waals surface area (Å²) in [7, 11) is 0. The summed E-state index contributed by atoms with van der Waals surface area (Å²) in [6.45, 7) is 3.38. The molecule has 2 amide bonds. The van der Waals surface area contributed by atoms with Crippen molar-refractivity contribution < 1.29 is 9.59 Å². The van der Waals surface area contributed by atoms with E-state index < -0.39 is 0 Å². The molecule has 1 aromatic heterocycles. The van der Waals surface area contributed by atoms with Gasteiger partial charge in [0.1, 0.15) is 5.69 Å². The largest absolute Gasteiger partial charge is 0.339 e. The number of hydrogen-bond acceptors (Lipinski definition) is 4. The minimum atomic E-state index is -0.293. The molecule has 2 fully saturated rings. The van der Waals surface area contributed by atoms with Gasteiger partial charge in [0.2, 0.25) is 0 Å². The Kier molecular flexibility index (Phi) is 7.24. The van der Waals surface area contributed by atoms with Gasteiger partial charge in [-0.3, -0.25) is 9.59 Å². The zero-order valence-electron chi connectivity index (χ0n) is 21.8. The topological polar surface area (TPSA) is 62.3 Å². The molecule has 0 atom stereocenters. The van der Waals surface area contributed by atoms with Gasteiger partial charge in [-0.25, -0.2) is 4.98 Å². The molecule has 3 aromatic carbocycles. The molecule has 198 valence electrons. The third kappa shape index (κ3) is 5.49. The van der Waals surface area contributed by atoms with Crippen LogP contribution in [-0.4, -0.2) is 34.8 Å². The van der Waals surface area contributed by atoms with Gasteiger partial charge in [0.15, 0.2) is 0 Å². The lowest BCUT2D eigenvalue weighted by molar-refractivity contribution is 0.0712. The Morgan fingerprint density at radius 1 is 0.923 bits per heavy atom. The maximum absolute atomic E-state index is 13.5. The molecule has 4 aromatic rings. The minimum absolute atomic E-state index is 0.0107. The highest BCUT2D eigenvalue weighted by atomic mass is 35.5. The van der Waals surface area contributed by atoms with Crippen molar-refractivity contribution in [1.29, 1.82) is 0 Å². The number of hydrogen-bond donors (Lipinski definition) is 1. The number of carbonyl (C=O) groups excluding carboxylic acids is 2. The Morgan fingerprint density at radius 3 is 2.36 bits per heavy atom. The highest BCUT2D eigenvalue weighted by Crippen LogP contribution is 2.46. The third-order valence-electron chi connectivity index (χ3n) is 7.68. The fourth-order valence-electron chi connectivity index (χ4n) is 5.26. The smallest absolute Gasteiger partial charge is 0.275 e. The van der Waals surface area contributed by atoms with Crippen molar-refractivity contribution >= 4 is 40.4 Å². The minimum Gasteiger partial charge on any atom is -0.339 e. The van der Waals surface area contributed by atoms with Gasteiger partial charge in [-0.1, -0.05) is 66.2 Å². The summed E-state index contributed by atoms with van der Waals surface area (Å²) in [5.41, 5.74) is 4.63. The van der Waals surface area contributed by atoms with E-state index in [4.69, 9.17) is 16.6 Å². The van der Waals surface area contributed by atoms with Gasteiger partial charge in [0, 0.05) is 40.8 Å². The predicted molar refractivity (Wildman–Crippen MR) is 158 cm³/mol. The van der Waals surface area contributed by atoms with Gasteiger partial charge >= 0.3 is 0 Å². The number of halogens is 1. The first-order valence-corrected chi connectivity index (χ1v) is 14.7. The Morgan fingerprint density at radius 2 is 1.64 bits per heavy atom. The molecule has 1 aliphatic carbocycles. The molecule has 1 aliphatic heterocycles. The van der Waals surface area contributed by atoms with Gasteiger partial charge in [-0.15, -0.1) is 11.3 Å². The molecule has 0 radical (unpaired) electrons. The highest BCUT2D eigenvalue weighted by molar-refractivity contribution is 7.15. The maximum Gasteiger partial charge on any atom is 0.275 e. The quantitative estimate of drug-likeness (QED) is 0.263. The van der Waals surface area contributed by atoms with Crippen LogP contribution in [0.25, 0.3) is 10.4 Å². The van der Waals surface area contributed by atoms with E-state index in [1.165, 1.54) is 5.56 Å². The van der Waals surface area contributed by atoms with E-state index in [0.29, 0.717) is 33.8 Å². The molecule has 2 heterocycles. The average Bonchev–Trinajstić information content (AvgIpc) is 3.73. The van der Waals surface area contributed by atoms with Crippen LogP contribution in [-0.2, 0) is 0 Å². The molecule has 39 heavy (non-hydrogen) atoms. The molecule has 5 nitrogen and oxygen atoms in total. The summed E-state index contributed by atoms with van der Waals surface area (Å²) in [5, 5.41) is 4.58. The second-order valence-electron chi connectivity index (χ2n) is 10.4. The molecule has 0 bridgehead atoms. The molecular weight excluding hydrogens is 526 g/mol. The number of aromatic nitrogens is 1. The van der Waals surface area contributed by atoms with Crippen LogP contribution in [0.4, 0.5) is 5.69 Å². The number of rotatable bonds is 6. The second kappa shape index (κ2) is 10.9. The predicted octanol–water partition coefficient (Wildman–Crippen LogP) is 7.92. The van der Waals surface area contributed by atoms with Crippen LogP contribution in [0, 0.1) is 6.92 Å². The van der Waals surface area contributed by atoms with Crippen LogP contribution >= 0.6 is 22.9 Å². The van der Waals surface area contributed by atoms with E-state index in [-0.39, 0.29) is 11.8 Å². The first-order chi connectivity index (χ1) is 19.0. The number of piperidine rings is 1. The normalized spacial score (nSPS) is 15.8. The zero-order chi connectivity index (χ0) is 26.9. The molecule has 1 saturated heterocycles. The van der Waals surface area contributed by atoms with E-state index in [1.54, 1.807) is 17.4 Å². The zero-order valence-corrected chi connectivity index (χ0v) is 23.4. The molecule has 0 spiro atoms. The number of nitrogens with zero attached hydrogens (tertiary/aromatic N) is 2. The van der Waals surface area contributed by atoms with E-state index in [9.17, 15) is 9.59 Å². The van der Waals surface area contributed by atoms with Crippen molar-refractivity contribution in [3.63, 3.8) is 0 Å². The summed E-state index contributed by atoms with van der Waals surface area (Å²) in [4.78, 5) is 34.5. The van der Waals surface area contributed by atoms with E-state index in [0.717, 1.165) is 59.8 Å². The van der Waals surface area contributed by atoms with Crippen LogP contribution in [0.15, 0.2) is 72.8 Å². The summed E-state index contributed by atoms with van der Waals surface area (Å²) in [6.07, 6.45) is 4.09. The SMILES string of the molecule is Cc1ccc(NC(=O)c2nc(C3CC3)sc2-c2ccccc2Cl)cc1C(=O)N1CCC(c2ccccc2)CC1. The molecule has 6 rings (SSSR count). The summed E-state index contributed by atoms with van der Waals surface area (Å²) in [6, 6.07) is 23.6. The lowest BCUT2D eigenvalue weighted by atomic mass is 9.89. The lowest BCUT2D eigenvalue weighted by Crippen LogP contribution is -2.38. The Balaban J connectivity index is 1.20. The molecule has 0 unspecified atom stereocenters. The van der Waals surface area contributed by atoms with Crippen molar-refractivity contribution in [2.24, 2.45) is 0 Å². The monoisotopic (exact) mass is 555 g/mol. The number of nitrogens with one attached hydrogen (secondary N) is 1. The van der Waals surface area contributed by atoms with Crippen LogP contribution in [0.2, 0.25) is 5.02 Å². The molecule has 1 N–H and O–H groups in total. The molecular formula is C32H30ClN3O2S. The average molecular weight is 556 g/mol. The number of aryl methyl sites for hydroxylation is 1. The standard InChI is InChI=1S/C32H30ClN3O2S/c1-20-11-14-24(19-26(20)32(38)36-17-15-22(16-18-36)21-7-3-2-4-8-21)34-30(37)28-29(25-9-5-6-10-27(25)33)39-31(35-28)23-12-13-23/h2-11,14,19,22-23H,12-13,15-18H2,1H3,(H,34,37). The number of likely N-dealkylation sites (tertiary alicyclic amines) is 1. The molecule has 7 heteroatoms. The van der Waals surface area contributed by atoms with Gasteiger partial charge in [-0.05, 0) is 67.9 Å². The lowest BCUT2D eigenvalue weighted by Gasteiger charge is -2.32. The Hall–Kier alpha value is -3.48. The Labute approximate surface area is 237 Å². The van der Waals surface area contributed by atoms with Crippen molar-refractivity contribution in [3.8, 4) is 10.4 Å². The van der Waals surface area contributed by atoms with Crippen LogP contribution in [0.5, 0.6) is 0 Å². The Bertz CT molecular complexity index is 1520.